The molecule has 1 aromatic rings. The van der Waals surface area contributed by atoms with Crippen molar-refractivity contribution in [3.05, 3.63) is 23.7 Å². The summed E-state index contributed by atoms with van der Waals surface area (Å²) in [4.78, 5) is 10.5. The molecule has 1 heterocycles. The van der Waals surface area contributed by atoms with Crippen molar-refractivity contribution >= 4 is 17.7 Å². The summed E-state index contributed by atoms with van der Waals surface area (Å²) < 4.78 is 29.3. The molecule has 0 aliphatic carbocycles. The molecule has 1 rings (SSSR count). The van der Waals surface area contributed by atoms with E-state index in [1.54, 1.807) is 12.1 Å². The number of nitrogens with two attached hydrogens (primary N) is 1. The molecule has 4 nitrogen and oxygen atoms in total. The minimum absolute atomic E-state index is 0.166. The molecule has 3 N–H and O–H groups in total. The van der Waals surface area contributed by atoms with E-state index in [2.05, 4.69) is 5.32 Å². The Balaban J connectivity index is 2.17. The summed E-state index contributed by atoms with van der Waals surface area (Å²) in [5.74, 6) is -1.31. The Kier molecular flexibility index (Phi) is 6.74. The Bertz CT molecular complexity index is 372. The van der Waals surface area contributed by atoms with E-state index in [1.807, 2.05) is 0 Å². The van der Waals surface area contributed by atoms with Gasteiger partial charge in [-0.3, -0.25) is 4.79 Å². The van der Waals surface area contributed by atoms with Crippen molar-refractivity contribution in [3.8, 4) is 0 Å². The maximum absolute atomic E-state index is 12.0. The van der Waals surface area contributed by atoms with Gasteiger partial charge in [0.15, 0.2) is 0 Å². The van der Waals surface area contributed by atoms with E-state index in [-0.39, 0.29) is 11.7 Å². The molecule has 0 unspecified atom stereocenters. The second kappa shape index (κ2) is 8.10. The molecule has 0 aliphatic heterocycles. The molecule has 0 saturated heterocycles. The van der Waals surface area contributed by atoms with Crippen LogP contribution >= 0.6 is 11.8 Å². The fourth-order valence-corrected chi connectivity index (χ4v) is 1.78. The average Bonchev–Trinajstić information content (AvgIpc) is 2.73. The molecule has 0 bridgehead atoms. The maximum Gasteiger partial charge on any atom is 0.284 e. The van der Waals surface area contributed by atoms with E-state index in [0.29, 0.717) is 49.2 Å². The molecular weight excluding hydrogens is 262 g/mol. The van der Waals surface area contributed by atoms with Crippen molar-refractivity contribution in [1.29, 1.82) is 0 Å². The highest BCUT2D eigenvalue weighted by atomic mass is 32.2. The van der Waals surface area contributed by atoms with Gasteiger partial charge in [0.05, 0.1) is 12.3 Å². The standard InChI is InChI=1S/C11H16F2N2O2S/c12-11(13)18-7-9-4-3-8(17-9)6-15-5-1-2-10(14)16/h3-4,11,15H,1-2,5-7H2,(H2,14,16). The molecule has 0 saturated carbocycles. The number of furan rings is 1. The molecule has 0 aromatic carbocycles. The molecule has 0 aliphatic rings. The number of hydrogen-bond donors (Lipinski definition) is 2. The number of rotatable bonds is 9. The van der Waals surface area contributed by atoms with Crippen molar-refractivity contribution in [2.24, 2.45) is 5.73 Å². The van der Waals surface area contributed by atoms with Crippen molar-refractivity contribution < 1.29 is 18.0 Å². The van der Waals surface area contributed by atoms with Crippen LogP contribution < -0.4 is 11.1 Å². The first-order valence-electron chi connectivity index (χ1n) is 5.54. The second-order valence-corrected chi connectivity index (χ2v) is 4.66. The zero-order valence-electron chi connectivity index (χ0n) is 9.83. The minimum atomic E-state index is -2.38. The molecule has 0 radical (unpaired) electrons. The monoisotopic (exact) mass is 278 g/mol. The largest absolute Gasteiger partial charge is 0.464 e. The summed E-state index contributed by atoms with van der Waals surface area (Å²) in [7, 11) is 0. The van der Waals surface area contributed by atoms with Crippen molar-refractivity contribution in [2.75, 3.05) is 6.54 Å². The van der Waals surface area contributed by atoms with Crippen LogP contribution in [0.4, 0.5) is 8.78 Å². The first-order valence-corrected chi connectivity index (χ1v) is 6.59. The zero-order chi connectivity index (χ0) is 13.4. The van der Waals surface area contributed by atoms with Gasteiger partial charge in [0, 0.05) is 6.42 Å². The SMILES string of the molecule is NC(=O)CCCNCc1ccc(CSC(F)F)o1. The fourth-order valence-electron chi connectivity index (χ4n) is 1.34. The van der Waals surface area contributed by atoms with E-state index in [1.165, 1.54) is 0 Å². The van der Waals surface area contributed by atoms with Gasteiger partial charge in [-0.1, -0.05) is 11.8 Å². The number of carbonyl (C=O) groups excluding carboxylic acids is 1. The lowest BCUT2D eigenvalue weighted by molar-refractivity contribution is -0.118. The third-order valence-electron chi connectivity index (χ3n) is 2.14. The van der Waals surface area contributed by atoms with Gasteiger partial charge in [-0.05, 0) is 25.1 Å². The normalized spacial score (nSPS) is 11.1. The predicted molar refractivity (Wildman–Crippen MR) is 66.1 cm³/mol. The van der Waals surface area contributed by atoms with Crippen LogP contribution in [0.1, 0.15) is 24.4 Å². The van der Waals surface area contributed by atoms with Crippen molar-refractivity contribution in [1.82, 2.24) is 5.32 Å². The van der Waals surface area contributed by atoms with Crippen LogP contribution in [0, 0.1) is 0 Å². The summed E-state index contributed by atoms with van der Waals surface area (Å²) in [5.41, 5.74) is 5.00. The molecule has 18 heavy (non-hydrogen) atoms. The van der Waals surface area contributed by atoms with Gasteiger partial charge < -0.3 is 15.5 Å². The molecule has 1 aromatic heterocycles. The Morgan fingerprint density at radius 2 is 2.17 bits per heavy atom. The highest BCUT2D eigenvalue weighted by Crippen LogP contribution is 2.21. The van der Waals surface area contributed by atoms with Crippen LogP contribution in [0.5, 0.6) is 0 Å². The summed E-state index contributed by atoms with van der Waals surface area (Å²) in [6.45, 7) is 1.17. The number of amides is 1. The first kappa shape index (κ1) is 15.0. The smallest absolute Gasteiger partial charge is 0.284 e. The Morgan fingerprint density at radius 1 is 1.44 bits per heavy atom. The fraction of sp³-hybridized carbons (Fsp3) is 0.545. The molecule has 0 spiro atoms. The number of thioether (sulfide) groups is 1. The van der Waals surface area contributed by atoms with Crippen LogP contribution in [-0.4, -0.2) is 18.2 Å². The number of nitrogens with one attached hydrogen (secondary N) is 1. The lowest BCUT2D eigenvalue weighted by Crippen LogP contribution is -2.17. The van der Waals surface area contributed by atoms with Crippen LogP contribution in [0.2, 0.25) is 0 Å². The zero-order valence-corrected chi connectivity index (χ0v) is 10.6. The van der Waals surface area contributed by atoms with Gasteiger partial charge in [0.2, 0.25) is 5.91 Å². The quantitative estimate of drug-likeness (QED) is 0.679. The van der Waals surface area contributed by atoms with E-state index in [9.17, 15) is 13.6 Å². The van der Waals surface area contributed by atoms with Crippen LogP contribution in [0.15, 0.2) is 16.5 Å². The Hall–Kier alpha value is -1.08. The maximum atomic E-state index is 12.0. The highest BCUT2D eigenvalue weighted by Gasteiger charge is 2.07. The molecule has 0 fully saturated rings. The third-order valence-corrected chi connectivity index (χ3v) is 2.85. The van der Waals surface area contributed by atoms with Crippen LogP contribution in [0.25, 0.3) is 0 Å². The van der Waals surface area contributed by atoms with Gasteiger partial charge >= 0.3 is 0 Å². The van der Waals surface area contributed by atoms with E-state index >= 15 is 0 Å². The van der Waals surface area contributed by atoms with E-state index < -0.39 is 5.76 Å². The topological polar surface area (TPSA) is 68.3 Å². The number of halogens is 2. The molecule has 7 heteroatoms. The van der Waals surface area contributed by atoms with Gasteiger partial charge in [-0.25, -0.2) is 0 Å². The summed E-state index contributed by atoms with van der Waals surface area (Å²) in [5, 5.41) is 3.08. The van der Waals surface area contributed by atoms with Gasteiger partial charge in [0.25, 0.3) is 5.76 Å². The number of carbonyl (C=O) groups is 1. The number of primary amides is 1. The first-order chi connectivity index (χ1) is 8.58. The Labute approximate surface area is 108 Å². The van der Waals surface area contributed by atoms with Crippen LogP contribution in [0.3, 0.4) is 0 Å². The average molecular weight is 278 g/mol. The summed E-state index contributed by atoms with van der Waals surface area (Å²) in [6.07, 6.45) is 1.02. The molecular formula is C11H16F2N2O2S. The van der Waals surface area contributed by atoms with Gasteiger partial charge in [-0.15, -0.1) is 0 Å². The summed E-state index contributed by atoms with van der Waals surface area (Å²) >= 11 is 0.534. The molecule has 102 valence electrons. The van der Waals surface area contributed by atoms with E-state index in [4.69, 9.17) is 10.2 Å². The van der Waals surface area contributed by atoms with Gasteiger partial charge in [0.1, 0.15) is 11.5 Å². The van der Waals surface area contributed by atoms with E-state index in [0.717, 1.165) is 0 Å². The van der Waals surface area contributed by atoms with Crippen molar-refractivity contribution in [2.45, 2.75) is 30.9 Å². The third kappa shape index (κ3) is 6.61. The minimum Gasteiger partial charge on any atom is -0.464 e. The second-order valence-electron chi connectivity index (χ2n) is 3.69. The molecule has 0 atom stereocenters. The van der Waals surface area contributed by atoms with Crippen molar-refractivity contribution in [3.63, 3.8) is 0 Å². The highest BCUT2D eigenvalue weighted by molar-refractivity contribution is 7.98. The Morgan fingerprint density at radius 3 is 2.83 bits per heavy atom. The predicted octanol–water partition coefficient (Wildman–Crippen LogP) is 2.09. The number of hydrogen-bond acceptors (Lipinski definition) is 4. The lowest BCUT2D eigenvalue weighted by atomic mass is 10.3. The van der Waals surface area contributed by atoms with Gasteiger partial charge in [-0.2, -0.15) is 8.78 Å². The lowest BCUT2D eigenvalue weighted by Gasteiger charge is -2.01. The van der Waals surface area contributed by atoms with Crippen LogP contribution in [-0.2, 0) is 17.1 Å². The number of alkyl halides is 2. The molecule has 1 amide bonds. The summed E-state index contributed by atoms with van der Waals surface area (Å²) in [6, 6.07) is 3.44.